The van der Waals surface area contributed by atoms with E-state index in [1.54, 1.807) is 18.2 Å². The molecule has 2 aromatic carbocycles. The maximum atomic E-state index is 12.8. The molecule has 0 fully saturated rings. The molecule has 100 valence electrons. The van der Waals surface area contributed by atoms with E-state index >= 15 is 0 Å². The highest BCUT2D eigenvalue weighted by atomic mass is 35.5. The third kappa shape index (κ3) is 2.89. The summed E-state index contributed by atoms with van der Waals surface area (Å²) in [6.45, 7) is 0.396. The van der Waals surface area contributed by atoms with Gasteiger partial charge in [-0.05, 0) is 48.0 Å². The maximum absolute atomic E-state index is 12.8. The number of pyridine rings is 1. The van der Waals surface area contributed by atoms with Crippen molar-refractivity contribution in [3.05, 3.63) is 71.1 Å². The lowest BCUT2D eigenvalue weighted by Gasteiger charge is -2.07. The summed E-state index contributed by atoms with van der Waals surface area (Å²) in [5, 5.41) is 1.43. The smallest absolute Gasteiger partial charge is 0.129 e. The van der Waals surface area contributed by atoms with Crippen LogP contribution in [0.4, 0.5) is 4.39 Å². The molecule has 0 radical (unpaired) electrons. The molecule has 3 rings (SSSR count). The molecule has 0 atom stereocenters. The lowest BCUT2D eigenvalue weighted by atomic mass is 10.2. The number of hydrogen-bond acceptors (Lipinski definition) is 2. The molecule has 4 heteroatoms. The van der Waals surface area contributed by atoms with Crippen LogP contribution in [0, 0.1) is 5.82 Å². The van der Waals surface area contributed by atoms with Crippen LogP contribution in [0.15, 0.2) is 54.6 Å². The summed E-state index contributed by atoms with van der Waals surface area (Å²) in [4.78, 5) is 4.21. The van der Waals surface area contributed by atoms with E-state index in [9.17, 15) is 4.39 Å². The van der Waals surface area contributed by atoms with E-state index in [0.29, 0.717) is 11.8 Å². The van der Waals surface area contributed by atoms with Crippen LogP contribution < -0.4 is 4.74 Å². The number of aromatic nitrogens is 1. The second-order valence-corrected chi connectivity index (χ2v) is 4.79. The van der Waals surface area contributed by atoms with Gasteiger partial charge in [0.05, 0.1) is 5.52 Å². The van der Waals surface area contributed by atoms with Gasteiger partial charge in [-0.15, -0.1) is 0 Å². The number of rotatable bonds is 3. The lowest BCUT2D eigenvalue weighted by molar-refractivity contribution is 0.306. The van der Waals surface area contributed by atoms with Crippen LogP contribution in [-0.4, -0.2) is 4.98 Å². The molecule has 0 amide bonds. The summed E-state index contributed by atoms with van der Waals surface area (Å²) in [7, 11) is 0. The number of benzene rings is 2. The first-order valence-corrected chi connectivity index (χ1v) is 6.52. The van der Waals surface area contributed by atoms with Gasteiger partial charge in [0.1, 0.15) is 23.3 Å². The summed E-state index contributed by atoms with van der Waals surface area (Å²) in [6, 6.07) is 15.5. The van der Waals surface area contributed by atoms with Gasteiger partial charge in [-0.25, -0.2) is 9.37 Å². The van der Waals surface area contributed by atoms with Crippen molar-refractivity contribution in [3.63, 3.8) is 0 Å². The lowest BCUT2D eigenvalue weighted by Crippen LogP contribution is -1.95. The molecule has 1 heterocycles. The minimum absolute atomic E-state index is 0.248. The Morgan fingerprint density at radius 2 is 1.80 bits per heavy atom. The zero-order valence-corrected chi connectivity index (χ0v) is 11.3. The van der Waals surface area contributed by atoms with Crippen molar-refractivity contribution >= 4 is 22.5 Å². The molecule has 0 aliphatic carbocycles. The van der Waals surface area contributed by atoms with Crippen LogP contribution in [0.5, 0.6) is 5.75 Å². The third-order valence-electron chi connectivity index (χ3n) is 2.95. The van der Waals surface area contributed by atoms with Gasteiger partial charge in [0.2, 0.25) is 0 Å². The Balaban J connectivity index is 1.77. The fraction of sp³-hybridized carbons (Fsp3) is 0.0625. The van der Waals surface area contributed by atoms with Gasteiger partial charge in [-0.3, -0.25) is 0 Å². The van der Waals surface area contributed by atoms with Gasteiger partial charge < -0.3 is 4.74 Å². The largest absolute Gasteiger partial charge is 0.489 e. The van der Waals surface area contributed by atoms with Gasteiger partial charge in [0.15, 0.2) is 0 Å². The first-order chi connectivity index (χ1) is 9.70. The molecule has 0 spiro atoms. The molecule has 0 aliphatic heterocycles. The van der Waals surface area contributed by atoms with E-state index < -0.39 is 0 Å². The fourth-order valence-corrected chi connectivity index (χ4v) is 2.07. The van der Waals surface area contributed by atoms with Gasteiger partial charge in [0, 0.05) is 5.39 Å². The molecular formula is C16H11ClFNO. The van der Waals surface area contributed by atoms with E-state index in [2.05, 4.69) is 4.98 Å². The van der Waals surface area contributed by atoms with Crippen LogP contribution in [-0.2, 0) is 6.61 Å². The highest BCUT2D eigenvalue weighted by Crippen LogP contribution is 2.22. The third-order valence-corrected chi connectivity index (χ3v) is 3.16. The molecule has 0 unspecified atom stereocenters. The summed E-state index contributed by atoms with van der Waals surface area (Å²) in [5.74, 6) is 0.494. The first kappa shape index (κ1) is 12.9. The summed E-state index contributed by atoms with van der Waals surface area (Å²) < 4.78 is 18.5. The molecule has 0 N–H and O–H groups in total. The van der Waals surface area contributed by atoms with Gasteiger partial charge in [0.25, 0.3) is 0 Å². The van der Waals surface area contributed by atoms with E-state index in [1.807, 2.05) is 24.3 Å². The molecule has 0 saturated heterocycles. The average molecular weight is 288 g/mol. The van der Waals surface area contributed by atoms with Crippen molar-refractivity contribution in [1.29, 1.82) is 0 Å². The standard InChI is InChI=1S/C16H11ClFNO/c17-16-8-3-12-9-14(6-7-15(12)19-16)20-10-11-1-4-13(18)5-2-11/h1-9H,10H2. The van der Waals surface area contributed by atoms with Crippen LogP contribution in [0.25, 0.3) is 10.9 Å². The van der Waals surface area contributed by atoms with Crippen molar-refractivity contribution in [2.45, 2.75) is 6.61 Å². The Morgan fingerprint density at radius 3 is 2.60 bits per heavy atom. The number of ether oxygens (including phenoxy) is 1. The molecule has 0 saturated carbocycles. The number of hydrogen-bond donors (Lipinski definition) is 0. The van der Waals surface area contributed by atoms with E-state index in [1.165, 1.54) is 12.1 Å². The molecule has 0 bridgehead atoms. The SMILES string of the molecule is Fc1ccc(COc2ccc3nc(Cl)ccc3c2)cc1. The molecule has 3 aromatic rings. The fourth-order valence-electron chi connectivity index (χ4n) is 1.92. The predicted octanol–water partition coefficient (Wildman–Crippen LogP) is 4.61. The van der Waals surface area contributed by atoms with E-state index in [0.717, 1.165) is 22.2 Å². The minimum atomic E-state index is -0.248. The number of nitrogens with zero attached hydrogens (tertiary/aromatic N) is 1. The van der Waals surface area contributed by atoms with Crippen molar-refractivity contribution in [2.24, 2.45) is 0 Å². The van der Waals surface area contributed by atoms with Gasteiger partial charge in [-0.1, -0.05) is 23.7 Å². The Morgan fingerprint density at radius 1 is 1.00 bits per heavy atom. The van der Waals surface area contributed by atoms with Crippen LogP contribution in [0.3, 0.4) is 0 Å². The highest BCUT2D eigenvalue weighted by molar-refractivity contribution is 6.29. The zero-order valence-electron chi connectivity index (χ0n) is 10.5. The average Bonchev–Trinajstić information content (AvgIpc) is 2.46. The summed E-state index contributed by atoms with van der Waals surface area (Å²) in [6.07, 6.45) is 0. The minimum Gasteiger partial charge on any atom is -0.489 e. The van der Waals surface area contributed by atoms with Crippen molar-refractivity contribution in [3.8, 4) is 5.75 Å². The van der Waals surface area contributed by atoms with Gasteiger partial charge in [-0.2, -0.15) is 0 Å². The molecule has 0 aliphatic rings. The molecule has 1 aromatic heterocycles. The predicted molar refractivity (Wildman–Crippen MR) is 77.5 cm³/mol. The quantitative estimate of drug-likeness (QED) is 0.657. The Hall–Kier alpha value is -2.13. The van der Waals surface area contributed by atoms with Crippen molar-refractivity contribution in [2.75, 3.05) is 0 Å². The van der Waals surface area contributed by atoms with Crippen molar-refractivity contribution in [1.82, 2.24) is 4.98 Å². The van der Waals surface area contributed by atoms with Crippen molar-refractivity contribution < 1.29 is 9.13 Å². The second kappa shape index (κ2) is 5.47. The normalized spacial score (nSPS) is 10.7. The van der Waals surface area contributed by atoms with Gasteiger partial charge >= 0.3 is 0 Å². The van der Waals surface area contributed by atoms with Crippen LogP contribution in [0.1, 0.15) is 5.56 Å². The summed E-state index contributed by atoms with van der Waals surface area (Å²) in [5.41, 5.74) is 1.74. The molecule has 2 nitrogen and oxygen atoms in total. The molecule has 20 heavy (non-hydrogen) atoms. The number of halogens is 2. The molecular weight excluding hydrogens is 277 g/mol. The Labute approximate surface area is 120 Å². The van der Waals surface area contributed by atoms with E-state index in [4.69, 9.17) is 16.3 Å². The number of fused-ring (bicyclic) bond motifs is 1. The zero-order chi connectivity index (χ0) is 13.9. The first-order valence-electron chi connectivity index (χ1n) is 6.14. The van der Waals surface area contributed by atoms with Crippen LogP contribution >= 0.6 is 11.6 Å². The Bertz CT molecular complexity index is 743. The monoisotopic (exact) mass is 287 g/mol. The summed E-state index contributed by atoms with van der Waals surface area (Å²) >= 11 is 5.84. The Kier molecular flexibility index (Phi) is 3.52. The highest BCUT2D eigenvalue weighted by Gasteiger charge is 2.01. The van der Waals surface area contributed by atoms with Crippen LogP contribution in [0.2, 0.25) is 5.15 Å². The van der Waals surface area contributed by atoms with E-state index in [-0.39, 0.29) is 5.82 Å². The second-order valence-electron chi connectivity index (χ2n) is 4.40. The topological polar surface area (TPSA) is 22.1 Å². The maximum Gasteiger partial charge on any atom is 0.129 e.